The molecule has 11 heavy (non-hydrogen) atoms. The van der Waals surface area contributed by atoms with Gasteiger partial charge in [0.1, 0.15) is 16.4 Å². The summed E-state index contributed by atoms with van der Waals surface area (Å²) >= 11 is 2.01. The Morgan fingerprint density at radius 2 is 2.00 bits per heavy atom. The van der Waals surface area contributed by atoms with Crippen LogP contribution in [-0.2, 0) is 10.9 Å². The summed E-state index contributed by atoms with van der Waals surface area (Å²) in [6.07, 6.45) is 4.38. The third-order valence-corrected chi connectivity index (χ3v) is 5.75. The first kappa shape index (κ1) is 9.82. The van der Waals surface area contributed by atoms with Gasteiger partial charge >= 0.3 is 0 Å². The maximum absolute atomic E-state index is 2.43. The van der Waals surface area contributed by atoms with Gasteiger partial charge in [0.2, 0.25) is 0 Å². The molecule has 0 aromatic heterocycles. The van der Waals surface area contributed by atoms with Crippen molar-refractivity contribution in [2.75, 3.05) is 17.3 Å². The lowest BCUT2D eigenvalue weighted by molar-refractivity contribution is -0.00000195. The molecule has 3 heteroatoms. The molecule has 0 aromatic carbocycles. The summed E-state index contributed by atoms with van der Waals surface area (Å²) in [7, 11) is 0.738. The van der Waals surface area contributed by atoms with Gasteiger partial charge in [-0.3, -0.25) is 0 Å². The number of allylic oxidation sites excluding steroid dienone is 1. The van der Waals surface area contributed by atoms with E-state index in [1.165, 1.54) is 36.5 Å². The molecule has 0 atom stereocenters. The van der Waals surface area contributed by atoms with E-state index in [1.54, 1.807) is 4.91 Å². The van der Waals surface area contributed by atoms with Crippen molar-refractivity contribution in [1.82, 2.24) is 0 Å². The largest absolute Gasteiger partial charge is 1.00 e. The zero-order valence-corrected chi connectivity index (χ0v) is 8.90. The molecule has 2 aliphatic rings. The van der Waals surface area contributed by atoms with Crippen molar-refractivity contribution < 1.29 is 12.4 Å². The SMILES string of the molecule is C1=C([S+]2CCCC2)CCS1.[Cl-]. The van der Waals surface area contributed by atoms with Gasteiger partial charge < -0.3 is 12.4 Å². The highest BCUT2D eigenvalue weighted by Gasteiger charge is 2.30. The highest BCUT2D eigenvalue weighted by molar-refractivity contribution is 8.05. The van der Waals surface area contributed by atoms with Gasteiger partial charge in [0.25, 0.3) is 0 Å². The molecule has 0 unspecified atom stereocenters. The zero-order chi connectivity index (χ0) is 6.81. The number of rotatable bonds is 1. The van der Waals surface area contributed by atoms with Crippen LogP contribution in [0.3, 0.4) is 0 Å². The van der Waals surface area contributed by atoms with Gasteiger partial charge in [-0.1, -0.05) is 0 Å². The minimum Gasteiger partial charge on any atom is -1.00 e. The van der Waals surface area contributed by atoms with Crippen LogP contribution in [0, 0.1) is 0 Å². The predicted octanol–water partition coefficient (Wildman–Crippen LogP) is -0.619. The first-order valence-corrected chi connectivity index (χ1v) is 6.56. The third-order valence-electron chi connectivity index (χ3n) is 2.08. The summed E-state index contributed by atoms with van der Waals surface area (Å²) in [4.78, 5) is 1.79. The standard InChI is InChI=1S/C8H13S2.ClH/c1-2-6-10(5-1)8-3-4-9-7-8;/h7H,1-6H2;1H/q+1;/p-1. The average Bonchev–Trinajstić information content (AvgIpc) is 2.59. The van der Waals surface area contributed by atoms with E-state index in [2.05, 4.69) is 5.41 Å². The highest BCUT2D eigenvalue weighted by atomic mass is 35.5. The van der Waals surface area contributed by atoms with Crippen LogP contribution in [0.15, 0.2) is 10.3 Å². The molecule has 0 aliphatic carbocycles. The molecule has 0 bridgehead atoms. The van der Waals surface area contributed by atoms with Crippen LogP contribution in [-0.4, -0.2) is 17.3 Å². The van der Waals surface area contributed by atoms with E-state index in [0.717, 1.165) is 10.9 Å². The number of hydrogen-bond donors (Lipinski definition) is 0. The Balaban J connectivity index is 0.000000605. The van der Waals surface area contributed by atoms with Crippen molar-refractivity contribution in [2.24, 2.45) is 0 Å². The van der Waals surface area contributed by atoms with E-state index in [9.17, 15) is 0 Å². The minimum atomic E-state index is 0. The highest BCUT2D eigenvalue weighted by Crippen LogP contribution is 2.31. The Hall–Kier alpha value is 0.730. The molecule has 64 valence electrons. The Morgan fingerprint density at radius 3 is 2.55 bits per heavy atom. The summed E-state index contributed by atoms with van der Waals surface area (Å²) in [5.74, 6) is 4.37. The van der Waals surface area contributed by atoms with E-state index in [0.29, 0.717) is 0 Å². The van der Waals surface area contributed by atoms with Crippen molar-refractivity contribution in [3.63, 3.8) is 0 Å². The Kier molecular flexibility index (Phi) is 4.18. The van der Waals surface area contributed by atoms with Gasteiger partial charge in [0.15, 0.2) is 0 Å². The van der Waals surface area contributed by atoms with Gasteiger partial charge in [-0.25, -0.2) is 0 Å². The first-order valence-electron chi connectivity index (χ1n) is 3.95. The maximum Gasteiger partial charge on any atom is 0.139 e. The fraction of sp³-hybridized carbons (Fsp3) is 0.750. The zero-order valence-electron chi connectivity index (χ0n) is 6.51. The molecule has 2 aliphatic heterocycles. The van der Waals surface area contributed by atoms with Gasteiger partial charge in [0.05, 0.1) is 0 Å². The van der Waals surface area contributed by atoms with Gasteiger partial charge in [0, 0.05) is 28.5 Å². The summed E-state index contributed by atoms with van der Waals surface area (Å²) in [6, 6.07) is 0. The van der Waals surface area contributed by atoms with E-state index in [1.807, 2.05) is 11.8 Å². The summed E-state index contributed by atoms with van der Waals surface area (Å²) in [5.41, 5.74) is 0. The maximum atomic E-state index is 2.43. The molecule has 2 rings (SSSR count). The van der Waals surface area contributed by atoms with Crippen molar-refractivity contribution in [1.29, 1.82) is 0 Å². The molecule has 0 nitrogen and oxygen atoms in total. The minimum absolute atomic E-state index is 0. The molecule has 0 aromatic rings. The molecular formula is C8H13ClS2. The van der Waals surface area contributed by atoms with E-state index in [4.69, 9.17) is 0 Å². The second kappa shape index (κ2) is 4.68. The number of hydrogen-bond acceptors (Lipinski definition) is 1. The van der Waals surface area contributed by atoms with Crippen molar-refractivity contribution >= 4 is 22.7 Å². The van der Waals surface area contributed by atoms with Crippen LogP contribution in [0.5, 0.6) is 0 Å². The molecular weight excluding hydrogens is 196 g/mol. The van der Waals surface area contributed by atoms with E-state index in [-0.39, 0.29) is 12.4 Å². The van der Waals surface area contributed by atoms with E-state index >= 15 is 0 Å². The van der Waals surface area contributed by atoms with Crippen LogP contribution in [0.2, 0.25) is 0 Å². The average molecular weight is 209 g/mol. The molecule has 0 saturated carbocycles. The monoisotopic (exact) mass is 208 g/mol. The van der Waals surface area contributed by atoms with Crippen molar-refractivity contribution in [3.05, 3.63) is 10.3 Å². The second-order valence-electron chi connectivity index (χ2n) is 2.81. The lowest BCUT2D eigenvalue weighted by Gasteiger charge is -1.97. The number of halogens is 1. The predicted molar refractivity (Wildman–Crippen MR) is 51.5 cm³/mol. The molecule has 1 saturated heterocycles. The Bertz CT molecular complexity index is 150. The third kappa shape index (κ3) is 2.33. The summed E-state index contributed by atoms with van der Waals surface area (Å²) in [6.45, 7) is 0. The Labute approximate surface area is 82.0 Å². The molecule has 2 heterocycles. The molecule has 0 amide bonds. The fourth-order valence-electron chi connectivity index (χ4n) is 1.50. The van der Waals surface area contributed by atoms with Crippen LogP contribution >= 0.6 is 11.8 Å². The van der Waals surface area contributed by atoms with E-state index < -0.39 is 0 Å². The van der Waals surface area contributed by atoms with Crippen molar-refractivity contribution in [3.8, 4) is 0 Å². The molecule has 0 radical (unpaired) electrons. The Morgan fingerprint density at radius 1 is 1.27 bits per heavy atom. The van der Waals surface area contributed by atoms with Crippen molar-refractivity contribution in [2.45, 2.75) is 19.3 Å². The van der Waals surface area contributed by atoms with Crippen LogP contribution < -0.4 is 12.4 Å². The quantitative estimate of drug-likeness (QED) is 0.518. The van der Waals surface area contributed by atoms with Crippen LogP contribution in [0.1, 0.15) is 19.3 Å². The smallest absolute Gasteiger partial charge is 0.139 e. The lowest BCUT2D eigenvalue weighted by Crippen LogP contribution is -3.00. The molecule has 0 spiro atoms. The first-order chi connectivity index (χ1) is 4.97. The second-order valence-corrected chi connectivity index (χ2v) is 6.12. The number of thioether (sulfide) groups is 1. The summed E-state index contributed by atoms with van der Waals surface area (Å²) in [5, 5.41) is 2.43. The van der Waals surface area contributed by atoms with Gasteiger partial charge in [-0.05, 0) is 12.8 Å². The molecule has 1 fully saturated rings. The topological polar surface area (TPSA) is 0 Å². The van der Waals surface area contributed by atoms with Gasteiger partial charge in [-0.15, -0.1) is 11.8 Å². The lowest BCUT2D eigenvalue weighted by atomic mass is 10.4. The van der Waals surface area contributed by atoms with Gasteiger partial charge in [-0.2, -0.15) is 0 Å². The van der Waals surface area contributed by atoms with Crippen LogP contribution in [0.4, 0.5) is 0 Å². The molecule has 0 N–H and O–H groups in total. The fourth-order valence-corrected chi connectivity index (χ4v) is 5.36. The summed E-state index contributed by atoms with van der Waals surface area (Å²) < 4.78 is 0. The normalized spacial score (nSPS) is 24.9. The van der Waals surface area contributed by atoms with Crippen LogP contribution in [0.25, 0.3) is 0 Å².